The monoisotopic (exact) mass is 282 g/mol. The van der Waals surface area contributed by atoms with E-state index in [4.69, 9.17) is 0 Å². The Morgan fingerprint density at radius 2 is 2.10 bits per heavy atom. The van der Waals surface area contributed by atoms with Crippen LogP contribution < -0.4 is 4.90 Å². The largest absolute Gasteiger partial charge is 0.417 e. The number of H-pyrrole nitrogens is 1. The van der Waals surface area contributed by atoms with Crippen LogP contribution in [0.4, 0.5) is 19.0 Å². The Morgan fingerprint density at radius 1 is 1.25 bits per heavy atom. The topological polar surface area (TPSA) is 44.8 Å². The van der Waals surface area contributed by atoms with Gasteiger partial charge in [0.2, 0.25) is 0 Å². The second-order valence-corrected chi connectivity index (χ2v) is 4.85. The molecule has 0 saturated carbocycles. The molecule has 106 valence electrons. The SMILES string of the molecule is FC(F)(F)c1ccc(N2CC[C@H](c3ccn[nH]3)C2)nc1. The van der Waals surface area contributed by atoms with Crippen LogP contribution in [0.1, 0.15) is 23.6 Å². The van der Waals surface area contributed by atoms with Crippen LogP contribution in [0.2, 0.25) is 0 Å². The van der Waals surface area contributed by atoms with Crippen molar-refractivity contribution in [1.29, 1.82) is 0 Å². The van der Waals surface area contributed by atoms with Crippen molar-refractivity contribution in [3.05, 3.63) is 41.9 Å². The number of nitrogens with one attached hydrogen (secondary N) is 1. The molecule has 4 nitrogen and oxygen atoms in total. The first kappa shape index (κ1) is 13.0. The molecule has 3 rings (SSSR count). The lowest BCUT2D eigenvalue weighted by Gasteiger charge is -2.17. The van der Waals surface area contributed by atoms with E-state index in [2.05, 4.69) is 15.2 Å². The number of pyridine rings is 1. The Kier molecular flexibility index (Phi) is 3.11. The summed E-state index contributed by atoms with van der Waals surface area (Å²) in [5, 5.41) is 6.85. The van der Waals surface area contributed by atoms with Crippen molar-refractivity contribution >= 4 is 5.82 Å². The zero-order valence-corrected chi connectivity index (χ0v) is 10.6. The standard InChI is InChI=1S/C13H13F3N4/c14-13(15,16)10-1-2-12(17-7-10)20-6-4-9(8-20)11-3-5-18-19-11/h1-3,5,7,9H,4,6,8H2,(H,18,19)/t9-/m0/s1. The quantitative estimate of drug-likeness (QED) is 0.921. The molecule has 1 fully saturated rings. The van der Waals surface area contributed by atoms with Crippen molar-refractivity contribution in [2.45, 2.75) is 18.5 Å². The Morgan fingerprint density at radius 3 is 2.70 bits per heavy atom. The molecular weight excluding hydrogens is 269 g/mol. The first-order valence-corrected chi connectivity index (χ1v) is 6.31. The highest BCUT2D eigenvalue weighted by Gasteiger charge is 2.31. The van der Waals surface area contributed by atoms with Crippen LogP contribution in [-0.4, -0.2) is 28.3 Å². The van der Waals surface area contributed by atoms with E-state index in [1.807, 2.05) is 11.0 Å². The number of aromatic nitrogens is 3. The van der Waals surface area contributed by atoms with Crippen molar-refractivity contribution in [1.82, 2.24) is 15.2 Å². The van der Waals surface area contributed by atoms with Crippen LogP contribution in [0.5, 0.6) is 0 Å². The van der Waals surface area contributed by atoms with Crippen LogP contribution >= 0.6 is 0 Å². The molecule has 0 bridgehead atoms. The molecule has 0 radical (unpaired) electrons. The van der Waals surface area contributed by atoms with Gasteiger partial charge in [-0.15, -0.1) is 0 Å². The summed E-state index contributed by atoms with van der Waals surface area (Å²) in [5.41, 5.74) is 0.338. The minimum absolute atomic E-state index is 0.321. The smallest absolute Gasteiger partial charge is 0.356 e. The molecule has 0 unspecified atom stereocenters. The molecule has 20 heavy (non-hydrogen) atoms. The molecule has 0 aliphatic carbocycles. The summed E-state index contributed by atoms with van der Waals surface area (Å²) < 4.78 is 37.4. The molecule has 0 aromatic carbocycles. The summed E-state index contributed by atoms with van der Waals surface area (Å²) in [6.07, 6.45) is -0.812. The molecular formula is C13H13F3N4. The Hall–Kier alpha value is -2.05. The summed E-state index contributed by atoms with van der Waals surface area (Å²) in [6.45, 7) is 1.52. The molecule has 2 aromatic heterocycles. The number of rotatable bonds is 2. The molecule has 2 aromatic rings. The summed E-state index contributed by atoms with van der Waals surface area (Å²) in [5.74, 6) is 0.904. The van der Waals surface area contributed by atoms with E-state index in [1.54, 1.807) is 6.20 Å². The average molecular weight is 282 g/mol. The number of halogens is 3. The van der Waals surface area contributed by atoms with Gasteiger partial charge in [0, 0.05) is 37.1 Å². The predicted molar refractivity (Wildman–Crippen MR) is 67.4 cm³/mol. The van der Waals surface area contributed by atoms with Crippen molar-refractivity contribution in [2.75, 3.05) is 18.0 Å². The highest BCUT2D eigenvalue weighted by molar-refractivity contribution is 5.42. The minimum atomic E-state index is -4.34. The van der Waals surface area contributed by atoms with Crippen LogP contribution in [0.25, 0.3) is 0 Å². The number of aromatic amines is 1. The number of alkyl halides is 3. The predicted octanol–water partition coefficient (Wildman–Crippen LogP) is 2.82. The van der Waals surface area contributed by atoms with Crippen molar-refractivity contribution < 1.29 is 13.2 Å². The lowest BCUT2D eigenvalue weighted by molar-refractivity contribution is -0.137. The molecule has 7 heteroatoms. The molecule has 0 amide bonds. The van der Waals surface area contributed by atoms with Gasteiger partial charge in [-0.2, -0.15) is 18.3 Å². The van der Waals surface area contributed by atoms with E-state index in [1.165, 1.54) is 6.07 Å². The van der Waals surface area contributed by atoms with E-state index in [-0.39, 0.29) is 0 Å². The van der Waals surface area contributed by atoms with Crippen LogP contribution in [0.3, 0.4) is 0 Å². The first-order valence-electron chi connectivity index (χ1n) is 6.31. The van der Waals surface area contributed by atoms with E-state index < -0.39 is 11.7 Å². The van der Waals surface area contributed by atoms with E-state index >= 15 is 0 Å². The second-order valence-electron chi connectivity index (χ2n) is 4.85. The zero-order valence-electron chi connectivity index (χ0n) is 10.6. The van der Waals surface area contributed by atoms with Gasteiger partial charge in [0.25, 0.3) is 0 Å². The maximum atomic E-state index is 12.5. The van der Waals surface area contributed by atoms with Gasteiger partial charge in [0.15, 0.2) is 0 Å². The van der Waals surface area contributed by atoms with E-state index in [9.17, 15) is 13.2 Å². The molecule has 0 spiro atoms. The Balaban J connectivity index is 1.72. The fraction of sp³-hybridized carbons (Fsp3) is 0.385. The normalized spacial score (nSPS) is 19.6. The van der Waals surface area contributed by atoms with Gasteiger partial charge < -0.3 is 4.90 Å². The summed E-state index contributed by atoms with van der Waals surface area (Å²) >= 11 is 0. The lowest BCUT2D eigenvalue weighted by Crippen LogP contribution is -2.20. The average Bonchev–Trinajstić information content (AvgIpc) is 3.09. The number of nitrogens with zero attached hydrogens (tertiary/aromatic N) is 3. The van der Waals surface area contributed by atoms with Crippen molar-refractivity contribution in [2.24, 2.45) is 0 Å². The fourth-order valence-electron chi connectivity index (χ4n) is 2.46. The third-order valence-corrected chi connectivity index (χ3v) is 3.55. The maximum Gasteiger partial charge on any atom is 0.417 e. The van der Waals surface area contributed by atoms with E-state index in [0.717, 1.165) is 37.5 Å². The molecule has 1 N–H and O–H groups in total. The Bertz CT molecular complexity index is 562. The zero-order chi connectivity index (χ0) is 14.2. The van der Waals surface area contributed by atoms with Crippen LogP contribution in [-0.2, 0) is 6.18 Å². The second kappa shape index (κ2) is 4.81. The van der Waals surface area contributed by atoms with Gasteiger partial charge in [-0.25, -0.2) is 4.98 Å². The third-order valence-electron chi connectivity index (χ3n) is 3.55. The molecule has 1 atom stereocenters. The molecule has 1 saturated heterocycles. The molecule has 1 aliphatic heterocycles. The van der Waals surface area contributed by atoms with Gasteiger partial charge in [-0.3, -0.25) is 5.10 Å². The number of hydrogen-bond donors (Lipinski definition) is 1. The Labute approximate surface area is 113 Å². The van der Waals surface area contributed by atoms with Gasteiger partial charge in [0.05, 0.1) is 5.56 Å². The lowest BCUT2D eigenvalue weighted by atomic mass is 10.1. The summed E-state index contributed by atoms with van der Waals surface area (Å²) in [6, 6.07) is 4.43. The molecule has 1 aliphatic rings. The van der Waals surface area contributed by atoms with Gasteiger partial charge in [-0.05, 0) is 24.6 Å². The van der Waals surface area contributed by atoms with Gasteiger partial charge >= 0.3 is 6.18 Å². The fourth-order valence-corrected chi connectivity index (χ4v) is 2.46. The highest BCUT2D eigenvalue weighted by Crippen LogP contribution is 2.32. The van der Waals surface area contributed by atoms with Gasteiger partial charge in [0.1, 0.15) is 5.82 Å². The number of anilines is 1. The maximum absolute atomic E-state index is 12.5. The first-order chi connectivity index (χ1) is 9.54. The minimum Gasteiger partial charge on any atom is -0.356 e. The highest BCUT2D eigenvalue weighted by atomic mass is 19.4. The van der Waals surface area contributed by atoms with Gasteiger partial charge in [-0.1, -0.05) is 0 Å². The third kappa shape index (κ3) is 2.48. The summed E-state index contributed by atoms with van der Waals surface area (Å²) in [7, 11) is 0. The van der Waals surface area contributed by atoms with Crippen LogP contribution in [0.15, 0.2) is 30.6 Å². The van der Waals surface area contributed by atoms with E-state index in [0.29, 0.717) is 11.7 Å². The summed E-state index contributed by atoms with van der Waals surface area (Å²) in [4.78, 5) is 5.91. The number of hydrogen-bond acceptors (Lipinski definition) is 3. The van der Waals surface area contributed by atoms with Crippen LogP contribution in [0, 0.1) is 0 Å². The van der Waals surface area contributed by atoms with Crippen molar-refractivity contribution in [3.8, 4) is 0 Å². The molecule has 3 heterocycles. The van der Waals surface area contributed by atoms with Crippen molar-refractivity contribution in [3.63, 3.8) is 0 Å².